The third kappa shape index (κ3) is 4.65. The Morgan fingerprint density at radius 3 is 2.75 bits per heavy atom. The molecule has 0 radical (unpaired) electrons. The standard InChI is InChI=1S/C13H22N2O/c1-2-5-12(10-14)15-13(16)9-8-11-6-3-4-7-11/h11-12H,2-9H2,1H3,(H,15,16). The maximum atomic E-state index is 11.6. The Morgan fingerprint density at radius 2 is 2.19 bits per heavy atom. The van der Waals surface area contributed by atoms with Gasteiger partial charge in [0.15, 0.2) is 0 Å². The molecule has 1 rings (SSSR count). The lowest BCUT2D eigenvalue weighted by molar-refractivity contribution is -0.121. The predicted octanol–water partition coefficient (Wildman–Crippen LogP) is 2.77. The van der Waals surface area contributed by atoms with E-state index in [0.29, 0.717) is 6.42 Å². The average Bonchev–Trinajstić information content (AvgIpc) is 2.78. The van der Waals surface area contributed by atoms with Gasteiger partial charge in [-0.3, -0.25) is 4.79 Å². The van der Waals surface area contributed by atoms with Crippen molar-refractivity contribution in [2.24, 2.45) is 5.92 Å². The monoisotopic (exact) mass is 222 g/mol. The minimum atomic E-state index is -0.291. The van der Waals surface area contributed by atoms with E-state index < -0.39 is 0 Å². The second-order valence-corrected chi connectivity index (χ2v) is 4.73. The maximum Gasteiger partial charge on any atom is 0.221 e. The van der Waals surface area contributed by atoms with Gasteiger partial charge in [0, 0.05) is 6.42 Å². The maximum absolute atomic E-state index is 11.6. The number of rotatable bonds is 6. The Morgan fingerprint density at radius 1 is 1.50 bits per heavy atom. The SMILES string of the molecule is CCCC(C#N)NC(=O)CCC1CCCC1. The lowest BCUT2D eigenvalue weighted by Gasteiger charge is -2.12. The van der Waals surface area contributed by atoms with Gasteiger partial charge in [-0.2, -0.15) is 5.26 Å². The molecule has 1 amide bonds. The lowest BCUT2D eigenvalue weighted by Crippen LogP contribution is -2.33. The topological polar surface area (TPSA) is 52.9 Å². The van der Waals surface area contributed by atoms with E-state index in [4.69, 9.17) is 5.26 Å². The summed E-state index contributed by atoms with van der Waals surface area (Å²) in [6.07, 6.45) is 8.48. The third-order valence-electron chi connectivity index (χ3n) is 3.32. The highest BCUT2D eigenvalue weighted by molar-refractivity contribution is 5.76. The molecule has 1 saturated carbocycles. The normalized spacial score (nSPS) is 18.0. The fourth-order valence-corrected chi connectivity index (χ4v) is 2.36. The van der Waals surface area contributed by atoms with Crippen LogP contribution in [-0.4, -0.2) is 11.9 Å². The summed E-state index contributed by atoms with van der Waals surface area (Å²) in [4.78, 5) is 11.6. The van der Waals surface area contributed by atoms with E-state index in [9.17, 15) is 4.79 Å². The van der Waals surface area contributed by atoms with Crippen molar-refractivity contribution in [2.75, 3.05) is 0 Å². The number of hydrogen-bond acceptors (Lipinski definition) is 2. The molecule has 0 saturated heterocycles. The molecule has 1 aliphatic carbocycles. The van der Waals surface area contributed by atoms with Gasteiger partial charge >= 0.3 is 0 Å². The number of carbonyl (C=O) groups is 1. The number of carbonyl (C=O) groups excluding carboxylic acids is 1. The average molecular weight is 222 g/mol. The summed E-state index contributed by atoms with van der Waals surface area (Å²) in [6.45, 7) is 2.02. The van der Waals surface area contributed by atoms with Crippen LogP contribution in [0.4, 0.5) is 0 Å². The molecule has 90 valence electrons. The number of hydrogen-bond donors (Lipinski definition) is 1. The van der Waals surface area contributed by atoms with Crippen LogP contribution in [0.5, 0.6) is 0 Å². The van der Waals surface area contributed by atoms with Crippen molar-refractivity contribution >= 4 is 5.91 Å². The molecule has 3 heteroatoms. The van der Waals surface area contributed by atoms with Crippen molar-refractivity contribution in [1.29, 1.82) is 5.26 Å². The van der Waals surface area contributed by atoms with Crippen molar-refractivity contribution in [2.45, 2.75) is 64.3 Å². The van der Waals surface area contributed by atoms with Gasteiger partial charge in [0.2, 0.25) is 5.91 Å². The van der Waals surface area contributed by atoms with Crippen molar-refractivity contribution in [1.82, 2.24) is 5.32 Å². The Kier molecular flexibility index (Phi) is 5.92. The van der Waals surface area contributed by atoms with E-state index in [0.717, 1.165) is 25.2 Å². The fourth-order valence-electron chi connectivity index (χ4n) is 2.36. The van der Waals surface area contributed by atoms with Gasteiger partial charge in [-0.1, -0.05) is 39.0 Å². The summed E-state index contributed by atoms with van der Waals surface area (Å²) < 4.78 is 0. The minimum absolute atomic E-state index is 0.0481. The van der Waals surface area contributed by atoms with E-state index >= 15 is 0 Å². The first-order valence-electron chi connectivity index (χ1n) is 6.45. The highest BCUT2D eigenvalue weighted by Crippen LogP contribution is 2.28. The predicted molar refractivity (Wildman–Crippen MR) is 63.6 cm³/mol. The van der Waals surface area contributed by atoms with Gasteiger partial charge in [0.1, 0.15) is 6.04 Å². The molecular weight excluding hydrogens is 200 g/mol. The Balaban J connectivity index is 2.16. The van der Waals surface area contributed by atoms with E-state index in [1.165, 1.54) is 25.7 Å². The Bertz CT molecular complexity index is 251. The zero-order valence-electron chi connectivity index (χ0n) is 10.2. The number of nitrogens with zero attached hydrogens (tertiary/aromatic N) is 1. The zero-order chi connectivity index (χ0) is 11.8. The Hall–Kier alpha value is -1.04. The molecule has 0 heterocycles. The van der Waals surface area contributed by atoms with Gasteiger partial charge in [0.05, 0.1) is 6.07 Å². The lowest BCUT2D eigenvalue weighted by atomic mass is 10.0. The zero-order valence-corrected chi connectivity index (χ0v) is 10.2. The van der Waals surface area contributed by atoms with Crippen LogP contribution >= 0.6 is 0 Å². The highest BCUT2D eigenvalue weighted by Gasteiger charge is 2.17. The highest BCUT2D eigenvalue weighted by atomic mass is 16.1. The second-order valence-electron chi connectivity index (χ2n) is 4.73. The molecule has 1 atom stereocenters. The molecule has 1 fully saturated rings. The first kappa shape index (κ1) is 13.0. The number of nitrogens with one attached hydrogen (secondary N) is 1. The van der Waals surface area contributed by atoms with Crippen LogP contribution in [0.1, 0.15) is 58.3 Å². The summed E-state index contributed by atoms with van der Waals surface area (Å²) in [5.41, 5.74) is 0. The molecule has 0 aromatic carbocycles. The molecule has 1 aliphatic rings. The molecule has 1 unspecified atom stereocenters. The quantitative estimate of drug-likeness (QED) is 0.751. The molecule has 0 aromatic heterocycles. The molecule has 0 aliphatic heterocycles. The van der Waals surface area contributed by atoms with Crippen molar-refractivity contribution in [3.05, 3.63) is 0 Å². The van der Waals surface area contributed by atoms with Gasteiger partial charge < -0.3 is 5.32 Å². The number of amides is 1. The molecule has 0 aromatic rings. The number of nitriles is 1. The van der Waals surface area contributed by atoms with Crippen molar-refractivity contribution in [3.63, 3.8) is 0 Å². The first-order valence-corrected chi connectivity index (χ1v) is 6.45. The van der Waals surface area contributed by atoms with Crippen LogP contribution in [0.25, 0.3) is 0 Å². The van der Waals surface area contributed by atoms with Crippen LogP contribution in [0.3, 0.4) is 0 Å². The Labute approximate surface area is 98.2 Å². The van der Waals surface area contributed by atoms with Crippen LogP contribution in [0, 0.1) is 17.2 Å². The smallest absolute Gasteiger partial charge is 0.221 e. The van der Waals surface area contributed by atoms with Gasteiger partial charge in [-0.25, -0.2) is 0 Å². The van der Waals surface area contributed by atoms with Crippen LogP contribution in [0.15, 0.2) is 0 Å². The van der Waals surface area contributed by atoms with Crippen molar-refractivity contribution < 1.29 is 4.79 Å². The molecular formula is C13H22N2O. The summed E-state index contributed by atoms with van der Waals surface area (Å²) in [6, 6.07) is 1.84. The van der Waals surface area contributed by atoms with Crippen molar-refractivity contribution in [3.8, 4) is 6.07 Å². The summed E-state index contributed by atoms with van der Waals surface area (Å²) in [7, 11) is 0. The van der Waals surface area contributed by atoms with Gasteiger partial charge in [-0.05, 0) is 18.8 Å². The fraction of sp³-hybridized carbons (Fsp3) is 0.846. The van der Waals surface area contributed by atoms with Gasteiger partial charge in [0.25, 0.3) is 0 Å². The van der Waals surface area contributed by atoms with Gasteiger partial charge in [-0.15, -0.1) is 0 Å². The molecule has 16 heavy (non-hydrogen) atoms. The van der Waals surface area contributed by atoms with Crippen LogP contribution in [-0.2, 0) is 4.79 Å². The first-order chi connectivity index (χ1) is 7.76. The van der Waals surface area contributed by atoms with E-state index in [2.05, 4.69) is 11.4 Å². The largest absolute Gasteiger partial charge is 0.340 e. The minimum Gasteiger partial charge on any atom is -0.340 e. The van der Waals surface area contributed by atoms with E-state index in [-0.39, 0.29) is 11.9 Å². The summed E-state index contributed by atoms with van der Waals surface area (Å²) in [5, 5.41) is 11.6. The second kappa shape index (κ2) is 7.27. The van der Waals surface area contributed by atoms with E-state index in [1.54, 1.807) is 0 Å². The summed E-state index contributed by atoms with van der Waals surface area (Å²) >= 11 is 0. The molecule has 0 spiro atoms. The molecule has 1 N–H and O–H groups in total. The molecule has 3 nitrogen and oxygen atoms in total. The van der Waals surface area contributed by atoms with E-state index in [1.807, 2.05) is 6.92 Å². The summed E-state index contributed by atoms with van der Waals surface area (Å²) in [5.74, 6) is 0.796. The van der Waals surface area contributed by atoms with Crippen LogP contribution in [0.2, 0.25) is 0 Å². The molecule has 0 bridgehead atoms. The third-order valence-corrected chi connectivity index (χ3v) is 3.32. The van der Waals surface area contributed by atoms with Crippen LogP contribution < -0.4 is 5.32 Å².